The molecule has 2 heterocycles. The molecule has 1 aliphatic rings. The van der Waals surface area contributed by atoms with Gasteiger partial charge in [0, 0.05) is 11.5 Å². The number of para-hydroxylation sites is 1. The van der Waals surface area contributed by atoms with Gasteiger partial charge in [-0.3, -0.25) is 19.7 Å². The van der Waals surface area contributed by atoms with E-state index in [0.717, 1.165) is 11.3 Å². The van der Waals surface area contributed by atoms with E-state index in [-0.39, 0.29) is 28.3 Å². The molecule has 1 fully saturated rings. The van der Waals surface area contributed by atoms with E-state index in [0.29, 0.717) is 18.5 Å². The molecule has 5 amide bonds. The number of aromatic nitrogens is 2. The van der Waals surface area contributed by atoms with Gasteiger partial charge in [-0.1, -0.05) is 32.9 Å². The molecular weight excluding hydrogens is 583 g/mol. The quantitative estimate of drug-likeness (QED) is 0.241. The van der Waals surface area contributed by atoms with E-state index in [1.165, 1.54) is 43.8 Å². The average Bonchev–Trinajstić information content (AvgIpc) is 3.55. The largest absolute Gasteiger partial charge is 0.494 e. The molecule has 4 rings (SSSR count). The minimum Gasteiger partial charge on any atom is -0.494 e. The fourth-order valence-corrected chi connectivity index (χ4v) is 4.91. The fraction of sp³-hybridized carbons (Fsp3) is 0.419. The van der Waals surface area contributed by atoms with Crippen LogP contribution in [0.1, 0.15) is 40.5 Å². The van der Waals surface area contributed by atoms with E-state index in [4.69, 9.17) is 4.74 Å². The topological polar surface area (TPSA) is 167 Å². The van der Waals surface area contributed by atoms with Gasteiger partial charge in [-0.2, -0.15) is 0 Å². The van der Waals surface area contributed by atoms with E-state index < -0.39 is 53.1 Å². The molecule has 3 atom stereocenters. The summed E-state index contributed by atoms with van der Waals surface area (Å²) in [6.07, 6.45) is 2.48. The smallest absolute Gasteiger partial charge is 0.324 e. The van der Waals surface area contributed by atoms with Crippen LogP contribution >= 0.6 is 0 Å². The summed E-state index contributed by atoms with van der Waals surface area (Å²) in [5.41, 5.74) is -0.419. The lowest BCUT2D eigenvalue weighted by Gasteiger charge is -2.36. The Labute approximate surface area is 260 Å². The minimum absolute atomic E-state index is 0.0370. The number of urea groups is 1. The van der Waals surface area contributed by atoms with Crippen molar-refractivity contribution < 1.29 is 28.3 Å². The van der Waals surface area contributed by atoms with Crippen molar-refractivity contribution in [2.75, 3.05) is 36.2 Å². The van der Waals surface area contributed by atoms with Crippen LogP contribution in [0.2, 0.25) is 0 Å². The number of likely N-dealkylation sites (N-methyl/N-ethyl adjacent to an activating group) is 1. The van der Waals surface area contributed by atoms with Crippen molar-refractivity contribution in [2.24, 2.45) is 5.41 Å². The van der Waals surface area contributed by atoms with Gasteiger partial charge in [0.05, 0.1) is 36.1 Å². The predicted octanol–water partition coefficient (Wildman–Crippen LogP) is 3.17. The van der Waals surface area contributed by atoms with Crippen LogP contribution in [0.15, 0.2) is 42.7 Å². The highest BCUT2D eigenvalue weighted by molar-refractivity contribution is 6.20. The molecular formula is C31H39FN8O5. The van der Waals surface area contributed by atoms with Gasteiger partial charge in [0.15, 0.2) is 0 Å². The lowest BCUT2D eigenvalue weighted by Crippen LogP contribution is -2.60. The average molecular weight is 623 g/mol. The van der Waals surface area contributed by atoms with Gasteiger partial charge in [-0.15, -0.1) is 0 Å². The molecule has 0 unspecified atom stereocenters. The van der Waals surface area contributed by atoms with Gasteiger partial charge in [0.25, 0.3) is 11.8 Å². The first-order valence-electron chi connectivity index (χ1n) is 14.6. The van der Waals surface area contributed by atoms with Crippen molar-refractivity contribution in [3.63, 3.8) is 0 Å². The summed E-state index contributed by atoms with van der Waals surface area (Å²) < 4.78 is 19.8. The highest BCUT2D eigenvalue weighted by Gasteiger charge is 2.42. The van der Waals surface area contributed by atoms with Crippen LogP contribution in [0, 0.1) is 11.2 Å². The third kappa shape index (κ3) is 7.52. The molecule has 0 bridgehead atoms. The van der Waals surface area contributed by atoms with Crippen LogP contribution in [-0.4, -0.2) is 72.5 Å². The highest BCUT2D eigenvalue weighted by atomic mass is 19.1. The molecule has 0 spiro atoms. The van der Waals surface area contributed by atoms with E-state index >= 15 is 0 Å². The minimum atomic E-state index is -1.11. The van der Waals surface area contributed by atoms with E-state index in [9.17, 15) is 23.6 Å². The number of nitrogens with one attached hydrogen (secondary N) is 5. The van der Waals surface area contributed by atoms with Crippen LogP contribution in [0.25, 0.3) is 10.9 Å². The first-order chi connectivity index (χ1) is 21.3. The molecule has 14 heteroatoms. The number of carbonyl (C=O) groups excluding carboxylic acids is 4. The zero-order valence-electron chi connectivity index (χ0n) is 26.2. The molecule has 0 saturated carbocycles. The Bertz CT molecular complexity index is 1590. The van der Waals surface area contributed by atoms with Crippen molar-refractivity contribution in [3.05, 3.63) is 48.5 Å². The summed E-state index contributed by atoms with van der Waals surface area (Å²) in [4.78, 5) is 63.9. The number of fused-ring (bicyclic) bond motifs is 1. The highest BCUT2D eigenvalue weighted by Crippen LogP contribution is 2.37. The lowest BCUT2D eigenvalue weighted by molar-refractivity contribution is -0.134. The number of imide groups is 1. The Kier molecular flexibility index (Phi) is 10.3. The molecule has 3 aromatic rings. The summed E-state index contributed by atoms with van der Waals surface area (Å²) in [7, 11) is 3.02. The van der Waals surface area contributed by atoms with Crippen molar-refractivity contribution in [2.45, 2.75) is 58.7 Å². The van der Waals surface area contributed by atoms with Crippen LogP contribution < -0.4 is 36.2 Å². The Morgan fingerprint density at radius 1 is 1.11 bits per heavy atom. The fourth-order valence-electron chi connectivity index (χ4n) is 4.91. The van der Waals surface area contributed by atoms with E-state index in [1.807, 2.05) is 0 Å². The normalized spacial score (nSPS) is 16.0. The maximum atomic E-state index is 14.5. The summed E-state index contributed by atoms with van der Waals surface area (Å²) in [5, 5.41) is 14.1. The summed E-state index contributed by atoms with van der Waals surface area (Å²) in [6.45, 7) is 7.63. The third-order valence-electron chi connectivity index (χ3n) is 7.56. The number of carbonyl (C=O) groups is 4. The number of rotatable bonds is 9. The number of anilines is 3. The summed E-state index contributed by atoms with van der Waals surface area (Å²) in [5.74, 6) is -2.03. The van der Waals surface area contributed by atoms with Crippen molar-refractivity contribution in [1.29, 1.82) is 0 Å². The van der Waals surface area contributed by atoms with Gasteiger partial charge < -0.3 is 26.0 Å². The number of amides is 5. The zero-order valence-corrected chi connectivity index (χ0v) is 26.2. The molecule has 1 aromatic heterocycles. The zero-order chi connectivity index (χ0) is 32.9. The second-order valence-corrected chi connectivity index (χ2v) is 11.8. The van der Waals surface area contributed by atoms with Gasteiger partial charge in [-0.05, 0) is 57.0 Å². The van der Waals surface area contributed by atoms with Gasteiger partial charge in [0.1, 0.15) is 29.8 Å². The van der Waals surface area contributed by atoms with Crippen LogP contribution in [0.4, 0.5) is 26.4 Å². The Morgan fingerprint density at radius 2 is 1.84 bits per heavy atom. The number of nitrogens with zero attached hydrogens (tertiary/aromatic N) is 3. The van der Waals surface area contributed by atoms with Gasteiger partial charge >= 0.3 is 6.03 Å². The van der Waals surface area contributed by atoms with Crippen LogP contribution in [0.5, 0.6) is 5.75 Å². The molecule has 1 saturated heterocycles. The molecule has 0 radical (unpaired) electrons. The first-order valence-corrected chi connectivity index (χ1v) is 14.6. The summed E-state index contributed by atoms with van der Waals surface area (Å²) in [6, 6.07) is 5.56. The number of halogens is 1. The second-order valence-electron chi connectivity index (χ2n) is 11.8. The van der Waals surface area contributed by atoms with Crippen molar-refractivity contribution >= 4 is 51.8 Å². The van der Waals surface area contributed by atoms with Crippen molar-refractivity contribution in [3.8, 4) is 5.75 Å². The molecule has 0 aliphatic carbocycles. The third-order valence-corrected chi connectivity index (χ3v) is 7.56. The maximum Gasteiger partial charge on any atom is 0.324 e. The van der Waals surface area contributed by atoms with Crippen LogP contribution in [-0.2, 0) is 14.4 Å². The van der Waals surface area contributed by atoms with E-state index in [2.05, 4.69) is 36.6 Å². The Balaban J connectivity index is 1.81. The standard InChI is InChI=1S/C31H39FN8O5/c1-17(33-5)27(41)38-25(31(2,3)4)29(43)40(28(42)21-12-9-13-34-21)23-14-18-22(15-24(23)45-6)35-16-36-26(18)39-30(44)37-20-11-8-7-10-19(20)32/h7-8,10-11,14-17,21,25,33-34H,9,12-13H2,1-6H3,(H,38,41)(H2,35,36,37,39,44)/t17-,21-,25+/m0/s1. The number of hydrogen-bond donors (Lipinski definition) is 5. The second kappa shape index (κ2) is 13.9. The first kappa shape index (κ1) is 33.2. The predicted molar refractivity (Wildman–Crippen MR) is 169 cm³/mol. The lowest BCUT2D eigenvalue weighted by atomic mass is 9.85. The number of benzene rings is 2. The molecule has 1 aliphatic heterocycles. The summed E-state index contributed by atoms with van der Waals surface area (Å²) >= 11 is 0. The maximum absolute atomic E-state index is 14.5. The van der Waals surface area contributed by atoms with Crippen LogP contribution in [0.3, 0.4) is 0 Å². The van der Waals surface area contributed by atoms with E-state index in [1.54, 1.807) is 40.8 Å². The Morgan fingerprint density at radius 3 is 2.47 bits per heavy atom. The monoisotopic (exact) mass is 622 g/mol. The molecule has 45 heavy (non-hydrogen) atoms. The SMILES string of the molecule is CN[C@@H](C)C(=O)N[C@H](C(=O)N(C(=O)[C@@H]1CCCN1)c1cc2c(NC(=O)Nc3ccccc3F)ncnc2cc1OC)C(C)(C)C. The van der Waals surface area contributed by atoms with Gasteiger partial charge in [0.2, 0.25) is 5.91 Å². The number of ether oxygens (including phenoxy) is 1. The Hall–Kier alpha value is -4.69. The number of hydrogen-bond acceptors (Lipinski definition) is 9. The molecule has 2 aromatic carbocycles. The molecule has 13 nitrogen and oxygen atoms in total. The molecule has 5 N–H and O–H groups in total. The van der Waals surface area contributed by atoms with Crippen molar-refractivity contribution in [1.82, 2.24) is 25.9 Å². The van der Waals surface area contributed by atoms with Gasteiger partial charge in [-0.25, -0.2) is 24.1 Å². The number of methoxy groups -OCH3 is 1. The molecule has 240 valence electrons.